The van der Waals surface area contributed by atoms with Crippen LogP contribution in [0.2, 0.25) is 0 Å². The van der Waals surface area contributed by atoms with Crippen LogP contribution < -0.4 is 0 Å². The zero-order valence-electron chi connectivity index (χ0n) is 12.7. The van der Waals surface area contributed by atoms with Crippen LogP contribution in [0.3, 0.4) is 0 Å². The fourth-order valence-corrected chi connectivity index (χ4v) is 5.13. The first kappa shape index (κ1) is 17.9. The molecule has 0 radical (unpaired) electrons. The molecule has 0 aromatic heterocycles. The topological polar surface area (TPSA) is 74.6 Å². The number of carboxylic acids is 1. The summed E-state index contributed by atoms with van der Waals surface area (Å²) in [7, 11) is -3.56. The van der Waals surface area contributed by atoms with Gasteiger partial charge in [0, 0.05) is 11.8 Å². The molecule has 3 unspecified atom stereocenters. The van der Waals surface area contributed by atoms with Gasteiger partial charge >= 0.3 is 5.97 Å². The average Bonchev–Trinajstić information content (AvgIpc) is 2.43. The third-order valence-corrected chi connectivity index (χ3v) is 6.32. The molecular formula is C16H25O4P. The van der Waals surface area contributed by atoms with Gasteiger partial charge < -0.3 is 10.00 Å². The molecule has 2 N–H and O–H groups in total. The van der Waals surface area contributed by atoms with E-state index < -0.39 is 24.9 Å². The monoisotopic (exact) mass is 312 g/mol. The maximum Gasteiger partial charge on any atom is 0.307 e. The number of carboxylic acid groups (broad SMARTS) is 1. The highest BCUT2D eigenvalue weighted by molar-refractivity contribution is 7.58. The zero-order valence-corrected chi connectivity index (χ0v) is 13.6. The van der Waals surface area contributed by atoms with E-state index in [4.69, 9.17) is 0 Å². The van der Waals surface area contributed by atoms with Crippen LogP contribution in [0.1, 0.15) is 45.1 Å². The number of rotatable bonds is 9. The molecule has 0 saturated carbocycles. The van der Waals surface area contributed by atoms with Crippen molar-refractivity contribution in [1.29, 1.82) is 0 Å². The van der Waals surface area contributed by atoms with E-state index in [2.05, 4.69) is 0 Å². The summed E-state index contributed by atoms with van der Waals surface area (Å²) in [6.07, 6.45) is 2.57. The molecule has 0 amide bonds. The van der Waals surface area contributed by atoms with Crippen LogP contribution in [0.25, 0.3) is 0 Å². The minimum Gasteiger partial charge on any atom is -0.481 e. The van der Waals surface area contributed by atoms with E-state index >= 15 is 0 Å². The Morgan fingerprint density at radius 2 is 1.86 bits per heavy atom. The number of benzene rings is 1. The predicted octanol–water partition coefficient (Wildman–Crippen LogP) is 4.13. The molecule has 0 aliphatic heterocycles. The Hall–Kier alpha value is -1.12. The standard InChI is InChI=1S/C16H25O4P/c1-3-5-11-15(14(4-2)16(17)18)21(19,20)12-13-9-7-6-8-10-13/h6-10,14-15H,3-5,11-12H2,1-2H3,(H,17,18)(H,19,20). The Balaban J connectivity index is 2.99. The van der Waals surface area contributed by atoms with Crippen LogP contribution in [0, 0.1) is 5.92 Å². The van der Waals surface area contributed by atoms with E-state index in [1.54, 1.807) is 6.92 Å². The summed E-state index contributed by atoms with van der Waals surface area (Å²) in [6.45, 7) is 3.76. The maximum absolute atomic E-state index is 12.8. The summed E-state index contributed by atoms with van der Waals surface area (Å²) in [4.78, 5) is 21.9. The second kappa shape index (κ2) is 8.35. The molecule has 0 aliphatic carbocycles. The normalized spacial score (nSPS) is 16.9. The summed E-state index contributed by atoms with van der Waals surface area (Å²) in [5.74, 6) is -1.72. The van der Waals surface area contributed by atoms with Crippen molar-refractivity contribution in [3.05, 3.63) is 35.9 Å². The van der Waals surface area contributed by atoms with Crippen LogP contribution in [-0.4, -0.2) is 21.6 Å². The lowest BCUT2D eigenvalue weighted by molar-refractivity contribution is -0.142. The summed E-state index contributed by atoms with van der Waals surface area (Å²) < 4.78 is 12.8. The van der Waals surface area contributed by atoms with Crippen molar-refractivity contribution in [1.82, 2.24) is 0 Å². The second-order valence-corrected chi connectivity index (χ2v) is 7.95. The Kier molecular flexibility index (Phi) is 7.13. The molecule has 0 bridgehead atoms. The summed E-state index contributed by atoms with van der Waals surface area (Å²) in [5, 5.41) is 9.34. The highest BCUT2D eigenvalue weighted by Crippen LogP contribution is 2.54. The Labute approximate surface area is 126 Å². The quantitative estimate of drug-likeness (QED) is 0.672. The van der Waals surface area contributed by atoms with Crippen LogP contribution in [0.4, 0.5) is 0 Å². The number of unbranched alkanes of at least 4 members (excludes halogenated alkanes) is 1. The molecule has 118 valence electrons. The summed E-state index contributed by atoms with van der Waals surface area (Å²) >= 11 is 0. The van der Waals surface area contributed by atoms with Gasteiger partial charge in [0.1, 0.15) is 0 Å². The number of hydrogen-bond acceptors (Lipinski definition) is 2. The molecule has 21 heavy (non-hydrogen) atoms. The van der Waals surface area contributed by atoms with Crippen molar-refractivity contribution >= 4 is 13.3 Å². The van der Waals surface area contributed by atoms with Crippen LogP contribution in [0.15, 0.2) is 30.3 Å². The van der Waals surface area contributed by atoms with Gasteiger partial charge in [-0.3, -0.25) is 9.36 Å². The molecule has 0 fully saturated rings. The Morgan fingerprint density at radius 1 is 1.24 bits per heavy atom. The molecule has 1 aromatic carbocycles. The highest BCUT2D eigenvalue weighted by Gasteiger charge is 2.39. The SMILES string of the molecule is CCCCC(C(CC)C(=O)O)P(=O)(O)Cc1ccccc1. The van der Waals surface area contributed by atoms with Crippen LogP contribution in [-0.2, 0) is 15.5 Å². The van der Waals surface area contributed by atoms with Crippen LogP contribution in [0.5, 0.6) is 0 Å². The number of hydrogen-bond donors (Lipinski definition) is 2. The molecule has 1 rings (SSSR count). The Bertz CT molecular complexity index is 486. The average molecular weight is 312 g/mol. The van der Waals surface area contributed by atoms with Gasteiger partial charge in [0.25, 0.3) is 0 Å². The predicted molar refractivity (Wildman–Crippen MR) is 84.7 cm³/mol. The van der Waals surface area contributed by atoms with Gasteiger partial charge in [0.2, 0.25) is 7.37 Å². The van der Waals surface area contributed by atoms with E-state index in [0.29, 0.717) is 12.8 Å². The molecule has 3 atom stereocenters. The lowest BCUT2D eigenvalue weighted by Crippen LogP contribution is -2.28. The van der Waals surface area contributed by atoms with Crippen molar-refractivity contribution in [2.24, 2.45) is 5.92 Å². The van der Waals surface area contributed by atoms with Crippen molar-refractivity contribution in [3.63, 3.8) is 0 Å². The van der Waals surface area contributed by atoms with Crippen molar-refractivity contribution in [2.75, 3.05) is 0 Å². The smallest absolute Gasteiger partial charge is 0.307 e. The fourth-order valence-electron chi connectivity index (χ4n) is 2.67. The number of aliphatic carboxylic acids is 1. The first-order valence-corrected chi connectivity index (χ1v) is 9.42. The van der Waals surface area contributed by atoms with Crippen molar-refractivity contribution < 1.29 is 19.4 Å². The van der Waals surface area contributed by atoms with Gasteiger partial charge in [-0.25, -0.2) is 0 Å². The largest absolute Gasteiger partial charge is 0.481 e. The van der Waals surface area contributed by atoms with E-state index in [1.807, 2.05) is 37.3 Å². The van der Waals surface area contributed by atoms with Gasteiger partial charge in [-0.05, 0) is 18.4 Å². The van der Waals surface area contributed by atoms with Crippen molar-refractivity contribution in [3.8, 4) is 0 Å². The van der Waals surface area contributed by atoms with Gasteiger partial charge in [0.05, 0.1) is 5.92 Å². The molecule has 0 saturated heterocycles. The maximum atomic E-state index is 12.8. The Morgan fingerprint density at radius 3 is 2.33 bits per heavy atom. The molecule has 1 aromatic rings. The van der Waals surface area contributed by atoms with Crippen LogP contribution >= 0.6 is 7.37 Å². The summed E-state index contributed by atoms with van der Waals surface area (Å²) in [6, 6.07) is 9.12. The first-order chi connectivity index (χ1) is 9.92. The van der Waals surface area contributed by atoms with E-state index in [-0.39, 0.29) is 6.16 Å². The number of carbonyl (C=O) groups is 1. The molecule has 0 spiro atoms. The molecule has 0 heterocycles. The van der Waals surface area contributed by atoms with E-state index in [1.165, 1.54) is 0 Å². The van der Waals surface area contributed by atoms with Gasteiger partial charge in [-0.1, -0.05) is 57.0 Å². The van der Waals surface area contributed by atoms with Gasteiger partial charge in [-0.2, -0.15) is 0 Å². The highest BCUT2D eigenvalue weighted by atomic mass is 31.2. The molecular weight excluding hydrogens is 287 g/mol. The lowest BCUT2D eigenvalue weighted by Gasteiger charge is -2.28. The second-order valence-electron chi connectivity index (χ2n) is 5.46. The molecule has 4 nitrogen and oxygen atoms in total. The van der Waals surface area contributed by atoms with E-state index in [0.717, 1.165) is 18.4 Å². The minimum absolute atomic E-state index is 0.0476. The fraction of sp³-hybridized carbons (Fsp3) is 0.562. The third kappa shape index (κ3) is 5.29. The molecule has 5 heteroatoms. The first-order valence-electron chi connectivity index (χ1n) is 7.50. The third-order valence-electron chi connectivity index (χ3n) is 3.85. The minimum atomic E-state index is -3.56. The van der Waals surface area contributed by atoms with E-state index in [9.17, 15) is 19.4 Å². The van der Waals surface area contributed by atoms with Crippen molar-refractivity contribution in [2.45, 2.75) is 51.4 Å². The lowest BCUT2D eigenvalue weighted by atomic mass is 9.98. The summed E-state index contributed by atoms with van der Waals surface area (Å²) in [5.41, 5.74) is 0.116. The zero-order chi connectivity index (χ0) is 15.9. The molecule has 0 aliphatic rings. The van der Waals surface area contributed by atoms with Gasteiger partial charge in [0.15, 0.2) is 0 Å². The van der Waals surface area contributed by atoms with Gasteiger partial charge in [-0.15, -0.1) is 0 Å².